The first kappa shape index (κ1) is 13.8. The van der Waals surface area contributed by atoms with Crippen molar-refractivity contribution < 1.29 is 9.72 Å². The molecule has 0 aromatic carbocycles. The molecule has 0 radical (unpaired) electrons. The molecule has 1 amide bonds. The fourth-order valence-electron chi connectivity index (χ4n) is 1.45. The van der Waals surface area contributed by atoms with Gasteiger partial charge in [-0.15, -0.1) is 5.10 Å². The van der Waals surface area contributed by atoms with Crippen LogP contribution >= 0.6 is 11.5 Å². The lowest BCUT2D eigenvalue weighted by Crippen LogP contribution is -2.14. The summed E-state index contributed by atoms with van der Waals surface area (Å²) in [6.07, 6.45) is 2.42. The molecule has 0 aliphatic heterocycles. The van der Waals surface area contributed by atoms with Crippen LogP contribution in [0.1, 0.15) is 17.3 Å². The van der Waals surface area contributed by atoms with Crippen molar-refractivity contribution in [3.05, 3.63) is 34.1 Å². The number of hydrogen-bond acceptors (Lipinski definition) is 8. The van der Waals surface area contributed by atoms with Gasteiger partial charge in [-0.05, 0) is 6.92 Å². The third-order valence-corrected chi connectivity index (χ3v) is 2.86. The van der Waals surface area contributed by atoms with Crippen LogP contribution in [0.4, 0.5) is 16.5 Å². The third kappa shape index (κ3) is 3.03. The van der Waals surface area contributed by atoms with Gasteiger partial charge in [-0.3, -0.25) is 14.9 Å². The van der Waals surface area contributed by atoms with Crippen molar-refractivity contribution in [3.8, 4) is 0 Å². The molecule has 104 valence electrons. The van der Waals surface area contributed by atoms with Gasteiger partial charge in [0.15, 0.2) is 0 Å². The fraction of sp³-hybridized carbons (Fsp3) is 0.200. The van der Waals surface area contributed by atoms with Crippen molar-refractivity contribution in [1.82, 2.24) is 14.6 Å². The first-order valence-electron chi connectivity index (χ1n) is 5.58. The smallest absolute Gasteiger partial charge is 0.300 e. The Hall–Kier alpha value is -2.62. The number of nitro groups is 1. The Labute approximate surface area is 117 Å². The van der Waals surface area contributed by atoms with E-state index in [2.05, 4.69) is 25.2 Å². The van der Waals surface area contributed by atoms with Gasteiger partial charge in [0.1, 0.15) is 22.6 Å². The van der Waals surface area contributed by atoms with Gasteiger partial charge in [-0.2, -0.15) is 0 Å². The zero-order valence-corrected chi connectivity index (χ0v) is 11.2. The van der Waals surface area contributed by atoms with E-state index in [1.807, 2.05) is 6.92 Å². The van der Waals surface area contributed by atoms with E-state index >= 15 is 0 Å². The van der Waals surface area contributed by atoms with E-state index in [-0.39, 0.29) is 11.3 Å². The van der Waals surface area contributed by atoms with Crippen molar-refractivity contribution >= 4 is 33.9 Å². The van der Waals surface area contributed by atoms with E-state index in [0.29, 0.717) is 17.4 Å². The van der Waals surface area contributed by atoms with E-state index in [9.17, 15) is 14.9 Å². The number of nitrogens with one attached hydrogen (secondary N) is 2. The predicted octanol–water partition coefficient (Wildman–Crippen LogP) is 1.53. The first-order valence-corrected chi connectivity index (χ1v) is 6.36. The molecular weight excluding hydrogens is 284 g/mol. The minimum absolute atomic E-state index is 0.0747. The Morgan fingerprint density at radius 2 is 2.30 bits per heavy atom. The average Bonchev–Trinajstić information content (AvgIpc) is 2.91. The Kier molecular flexibility index (Phi) is 4.15. The highest BCUT2D eigenvalue weighted by Gasteiger charge is 2.22. The molecule has 10 heteroatoms. The summed E-state index contributed by atoms with van der Waals surface area (Å²) in [4.78, 5) is 26.2. The highest BCUT2D eigenvalue weighted by atomic mass is 32.1. The van der Waals surface area contributed by atoms with Crippen LogP contribution in [0.15, 0.2) is 18.5 Å². The minimum Gasteiger partial charge on any atom is -0.370 e. The summed E-state index contributed by atoms with van der Waals surface area (Å²) in [5.74, 6) is -0.213. The molecule has 0 saturated carbocycles. The Morgan fingerprint density at radius 1 is 1.50 bits per heavy atom. The van der Waals surface area contributed by atoms with Crippen molar-refractivity contribution in [1.29, 1.82) is 0 Å². The number of nitrogens with zero attached hydrogens (tertiary/aromatic N) is 4. The number of carbonyl (C=O) groups excluding carboxylic acids is 1. The van der Waals surface area contributed by atoms with Crippen LogP contribution in [0.3, 0.4) is 0 Å². The minimum atomic E-state index is -0.650. The van der Waals surface area contributed by atoms with E-state index < -0.39 is 10.8 Å². The average molecular weight is 294 g/mol. The van der Waals surface area contributed by atoms with Crippen LogP contribution in [0.5, 0.6) is 0 Å². The summed E-state index contributed by atoms with van der Waals surface area (Å²) in [7, 11) is 0. The van der Waals surface area contributed by atoms with Crippen LogP contribution in [0, 0.1) is 10.1 Å². The van der Waals surface area contributed by atoms with Crippen molar-refractivity contribution in [2.24, 2.45) is 0 Å². The van der Waals surface area contributed by atoms with Crippen LogP contribution in [0.2, 0.25) is 0 Å². The molecule has 0 fully saturated rings. The molecule has 2 rings (SSSR count). The summed E-state index contributed by atoms with van der Waals surface area (Å²) >= 11 is 0.980. The summed E-state index contributed by atoms with van der Waals surface area (Å²) in [5, 5.41) is 20.3. The van der Waals surface area contributed by atoms with Crippen LogP contribution in [0.25, 0.3) is 0 Å². The van der Waals surface area contributed by atoms with E-state index in [4.69, 9.17) is 0 Å². The second-order valence-electron chi connectivity index (χ2n) is 3.61. The molecule has 0 unspecified atom stereocenters. The molecule has 2 N–H and O–H groups in total. The normalized spacial score (nSPS) is 10.1. The SMILES string of the molecule is CCNc1cc(C(=O)Nc2cnns2)c([N+](=O)[O-])cn1. The molecule has 0 saturated heterocycles. The lowest BCUT2D eigenvalue weighted by Gasteiger charge is -2.06. The van der Waals surface area contributed by atoms with E-state index in [1.54, 1.807) is 0 Å². The Bertz CT molecular complexity index is 630. The molecule has 2 heterocycles. The van der Waals surface area contributed by atoms with Gasteiger partial charge < -0.3 is 10.6 Å². The number of aromatic nitrogens is 3. The van der Waals surface area contributed by atoms with Gasteiger partial charge in [0.2, 0.25) is 0 Å². The van der Waals surface area contributed by atoms with Crippen LogP contribution in [-0.4, -0.2) is 31.9 Å². The summed E-state index contributed by atoms with van der Waals surface area (Å²) in [6, 6.07) is 1.34. The van der Waals surface area contributed by atoms with Crippen LogP contribution < -0.4 is 10.6 Å². The molecule has 2 aromatic rings. The fourth-order valence-corrected chi connectivity index (χ4v) is 1.87. The van der Waals surface area contributed by atoms with Crippen molar-refractivity contribution in [3.63, 3.8) is 0 Å². The van der Waals surface area contributed by atoms with Crippen LogP contribution in [-0.2, 0) is 0 Å². The number of hydrogen-bond donors (Lipinski definition) is 2. The number of rotatable bonds is 5. The van der Waals surface area contributed by atoms with Crippen molar-refractivity contribution in [2.75, 3.05) is 17.2 Å². The molecule has 0 atom stereocenters. The number of amides is 1. The zero-order valence-electron chi connectivity index (χ0n) is 10.4. The van der Waals surface area contributed by atoms with Gasteiger partial charge in [0.25, 0.3) is 11.6 Å². The molecule has 0 spiro atoms. The Morgan fingerprint density at radius 3 is 2.90 bits per heavy atom. The highest BCUT2D eigenvalue weighted by molar-refractivity contribution is 7.10. The number of anilines is 2. The molecule has 0 bridgehead atoms. The second-order valence-corrected chi connectivity index (χ2v) is 4.40. The second kappa shape index (κ2) is 6.02. The lowest BCUT2D eigenvalue weighted by atomic mass is 10.2. The maximum Gasteiger partial charge on any atom is 0.300 e. The number of pyridine rings is 1. The maximum atomic E-state index is 12.1. The standard InChI is InChI=1S/C10H10N6O3S/c1-2-11-8-3-6(7(4-12-8)16(18)19)10(17)14-9-5-13-15-20-9/h3-5H,2H2,1H3,(H,11,12)(H,14,17). The van der Waals surface area contributed by atoms with Crippen molar-refractivity contribution in [2.45, 2.75) is 6.92 Å². The quantitative estimate of drug-likeness (QED) is 0.633. The summed E-state index contributed by atoms with van der Waals surface area (Å²) < 4.78 is 3.59. The van der Waals surface area contributed by atoms with Gasteiger partial charge in [-0.25, -0.2) is 4.98 Å². The summed E-state index contributed by atoms with van der Waals surface area (Å²) in [6.45, 7) is 2.44. The number of carbonyl (C=O) groups is 1. The molecule has 20 heavy (non-hydrogen) atoms. The van der Waals surface area contributed by atoms with E-state index in [1.165, 1.54) is 12.3 Å². The van der Waals surface area contributed by atoms with Gasteiger partial charge >= 0.3 is 0 Å². The maximum absolute atomic E-state index is 12.1. The van der Waals surface area contributed by atoms with E-state index in [0.717, 1.165) is 17.7 Å². The third-order valence-electron chi connectivity index (χ3n) is 2.28. The molecular formula is C10H10N6O3S. The Balaban J connectivity index is 2.33. The zero-order chi connectivity index (χ0) is 14.5. The highest BCUT2D eigenvalue weighted by Crippen LogP contribution is 2.22. The van der Waals surface area contributed by atoms with Gasteiger partial charge in [-0.1, -0.05) is 4.49 Å². The molecule has 0 aliphatic rings. The largest absolute Gasteiger partial charge is 0.370 e. The topological polar surface area (TPSA) is 123 Å². The molecule has 0 aliphatic carbocycles. The predicted molar refractivity (Wildman–Crippen MR) is 72.9 cm³/mol. The molecule has 2 aromatic heterocycles. The lowest BCUT2D eigenvalue weighted by molar-refractivity contribution is -0.385. The van der Waals surface area contributed by atoms with Gasteiger partial charge in [0, 0.05) is 24.1 Å². The first-order chi connectivity index (χ1) is 9.61. The van der Waals surface area contributed by atoms with Gasteiger partial charge in [0.05, 0.1) is 11.1 Å². The summed E-state index contributed by atoms with van der Waals surface area (Å²) in [5.41, 5.74) is -0.434. The molecule has 9 nitrogen and oxygen atoms in total. The monoisotopic (exact) mass is 294 g/mol.